The van der Waals surface area contributed by atoms with E-state index in [1.54, 1.807) is 12.1 Å². The molecule has 0 unspecified atom stereocenters. The Morgan fingerprint density at radius 2 is 1.78 bits per heavy atom. The van der Waals surface area contributed by atoms with Gasteiger partial charge in [-0.05, 0) is 41.8 Å². The van der Waals surface area contributed by atoms with E-state index >= 15 is 0 Å². The minimum absolute atomic E-state index is 0.0425. The molecule has 0 atom stereocenters. The van der Waals surface area contributed by atoms with Crippen molar-refractivity contribution in [1.82, 2.24) is 14.0 Å². The molecule has 0 saturated carbocycles. The summed E-state index contributed by atoms with van der Waals surface area (Å²) in [5, 5.41) is 9.04. The summed E-state index contributed by atoms with van der Waals surface area (Å²) in [6.07, 6.45) is -6.00. The maximum absolute atomic E-state index is 13.4. The molecule has 1 saturated heterocycles. The van der Waals surface area contributed by atoms with E-state index in [0.29, 0.717) is 16.7 Å². The van der Waals surface area contributed by atoms with Crippen LogP contribution >= 0.6 is 0 Å². The molecule has 1 aliphatic heterocycles. The molecule has 2 heterocycles. The van der Waals surface area contributed by atoms with Crippen molar-refractivity contribution in [2.75, 3.05) is 13.2 Å². The molecule has 37 heavy (non-hydrogen) atoms. The number of carboxylic acid groups (broad SMARTS) is 1. The Labute approximate surface area is 206 Å². The first-order valence-electron chi connectivity index (χ1n) is 10.9. The smallest absolute Gasteiger partial charge is 0.449 e. The van der Waals surface area contributed by atoms with Crippen molar-refractivity contribution in [1.29, 1.82) is 0 Å². The van der Waals surface area contributed by atoms with Crippen LogP contribution in [0.15, 0.2) is 58.3 Å². The highest BCUT2D eigenvalue weighted by Gasteiger charge is 2.33. The SMILES string of the molecule is Cc1c(Cn2c(=O)c(OC(=O)O)cn(-c3ccc(CN4CCOC4=O)cc3)c2=O)cccc1C(F)(F)F. The van der Waals surface area contributed by atoms with Crippen LogP contribution in [0.3, 0.4) is 0 Å². The molecule has 0 aliphatic carbocycles. The molecule has 0 spiro atoms. The van der Waals surface area contributed by atoms with E-state index in [9.17, 15) is 32.3 Å². The monoisotopic (exact) mass is 519 g/mol. The highest BCUT2D eigenvalue weighted by atomic mass is 19.4. The maximum atomic E-state index is 13.4. The zero-order valence-corrected chi connectivity index (χ0v) is 19.3. The standard InChI is InChI=1S/C24H20F3N3O7/c1-14-16(3-2-4-18(14)24(25,26)27)12-30-20(31)19(37-23(34)35)13-29(21(30)32)17-7-5-15(6-8-17)11-28-9-10-36-22(28)33/h2-8,13H,9-12H2,1H3,(H,34,35). The Morgan fingerprint density at radius 1 is 1.08 bits per heavy atom. The van der Waals surface area contributed by atoms with Gasteiger partial charge in [-0.2, -0.15) is 13.2 Å². The highest BCUT2D eigenvalue weighted by Crippen LogP contribution is 2.33. The van der Waals surface area contributed by atoms with Gasteiger partial charge in [0.2, 0.25) is 5.75 Å². The van der Waals surface area contributed by atoms with Crippen LogP contribution < -0.4 is 16.0 Å². The van der Waals surface area contributed by atoms with Crippen LogP contribution in [-0.4, -0.2) is 44.5 Å². The van der Waals surface area contributed by atoms with Crippen molar-refractivity contribution in [2.45, 2.75) is 26.2 Å². The summed E-state index contributed by atoms with van der Waals surface area (Å²) in [6, 6.07) is 9.63. The van der Waals surface area contributed by atoms with Gasteiger partial charge in [-0.1, -0.05) is 24.3 Å². The lowest BCUT2D eigenvalue weighted by atomic mass is 10.0. The lowest BCUT2D eigenvalue weighted by molar-refractivity contribution is -0.138. The van der Waals surface area contributed by atoms with Gasteiger partial charge >= 0.3 is 24.1 Å². The maximum Gasteiger partial charge on any atom is 0.511 e. The fourth-order valence-corrected chi connectivity index (χ4v) is 3.95. The number of alkyl halides is 3. The normalized spacial score (nSPS) is 13.5. The number of benzene rings is 2. The number of cyclic esters (lactones) is 1. The number of halogens is 3. The molecular formula is C24H20F3N3O7. The summed E-state index contributed by atoms with van der Waals surface area (Å²) in [6.45, 7) is 1.63. The lowest BCUT2D eigenvalue weighted by Gasteiger charge is -2.17. The summed E-state index contributed by atoms with van der Waals surface area (Å²) >= 11 is 0. The van der Waals surface area contributed by atoms with E-state index in [2.05, 4.69) is 4.74 Å². The summed E-state index contributed by atoms with van der Waals surface area (Å²) < 4.78 is 51.1. The number of aromatic nitrogens is 2. The minimum atomic E-state index is -4.65. The molecule has 3 aromatic rings. The van der Waals surface area contributed by atoms with Gasteiger partial charge in [0, 0.05) is 6.54 Å². The van der Waals surface area contributed by atoms with Crippen molar-refractivity contribution >= 4 is 12.2 Å². The Hall–Kier alpha value is -4.55. The van der Waals surface area contributed by atoms with Crippen LogP contribution in [0.4, 0.5) is 22.8 Å². The van der Waals surface area contributed by atoms with E-state index in [0.717, 1.165) is 22.9 Å². The van der Waals surface area contributed by atoms with E-state index in [-0.39, 0.29) is 30.0 Å². The molecule has 10 nitrogen and oxygen atoms in total. The second-order valence-corrected chi connectivity index (χ2v) is 8.20. The summed E-state index contributed by atoms with van der Waals surface area (Å²) in [5.41, 5.74) is -2.16. The van der Waals surface area contributed by atoms with Crippen molar-refractivity contribution in [3.05, 3.63) is 91.8 Å². The van der Waals surface area contributed by atoms with Gasteiger partial charge in [0.25, 0.3) is 5.56 Å². The third kappa shape index (κ3) is 5.34. The fourth-order valence-electron chi connectivity index (χ4n) is 3.95. The van der Waals surface area contributed by atoms with E-state index < -0.39 is 47.5 Å². The van der Waals surface area contributed by atoms with Crippen LogP contribution in [0.5, 0.6) is 5.75 Å². The van der Waals surface area contributed by atoms with Crippen molar-refractivity contribution in [3.63, 3.8) is 0 Å². The number of carbonyl (C=O) groups is 2. The van der Waals surface area contributed by atoms with Gasteiger partial charge in [0.05, 0.1) is 30.5 Å². The fraction of sp³-hybridized carbons (Fsp3) is 0.250. The molecular weight excluding hydrogens is 499 g/mol. The molecule has 194 valence electrons. The molecule has 0 bridgehead atoms. The Morgan fingerprint density at radius 3 is 2.38 bits per heavy atom. The average molecular weight is 519 g/mol. The Bertz CT molecular complexity index is 1480. The van der Waals surface area contributed by atoms with Gasteiger partial charge in [0.15, 0.2) is 0 Å². The Kier molecular flexibility index (Phi) is 6.79. The highest BCUT2D eigenvalue weighted by molar-refractivity contribution is 5.69. The first-order valence-corrected chi connectivity index (χ1v) is 10.9. The van der Waals surface area contributed by atoms with Crippen LogP contribution in [-0.2, 0) is 24.0 Å². The molecule has 0 radical (unpaired) electrons. The van der Waals surface area contributed by atoms with Gasteiger partial charge < -0.3 is 19.5 Å². The van der Waals surface area contributed by atoms with Crippen LogP contribution in [0.2, 0.25) is 0 Å². The van der Waals surface area contributed by atoms with Gasteiger partial charge in [-0.25, -0.2) is 14.4 Å². The first kappa shape index (κ1) is 25.5. The number of nitrogens with zero attached hydrogens (tertiary/aromatic N) is 3. The van der Waals surface area contributed by atoms with E-state index in [1.165, 1.54) is 30.0 Å². The van der Waals surface area contributed by atoms with E-state index in [1.807, 2.05) is 0 Å². The topological polar surface area (TPSA) is 120 Å². The molecule has 1 amide bonds. The third-order valence-electron chi connectivity index (χ3n) is 5.85. The van der Waals surface area contributed by atoms with Crippen molar-refractivity contribution in [3.8, 4) is 11.4 Å². The number of rotatable bonds is 6. The predicted molar refractivity (Wildman–Crippen MR) is 122 cm³/mol. The predicted octanol–water partition coefficient (Wildman–Crippen LogP) is 3.38. The van der Waals surface area contributed by atoms with Gasteiger partial charge in [0.1, 0.15) is 6.61 Å². The molecule has 1 aromatic heterocycles. The average Bonchev–Trinajstić information content (AvgIpc) is 3.23. The zero-order chi connectivity index (χ0) is 26.9. The van der Waals surface area contributed by atoms with Crippen molar-refractivity contribution in [2.24, 2.45) is 0 Å². The molecule has 1 fully saturated rings. The molecule has 13 heteroatoms. The van der Waals surface area contributed by atoms with Crippen LogP contribution in [0, 0.1) is 6.92 Å². The van der Waals surface area contributed by atoms with E-state index in [4.69, 9.17) is 9.84 Å². The number of amides is 1. The molecule has 1 N–H and O–H groups in total. The number of carbonyl (C=O) groups excluding carboxylic acids is 1. The van der Waals surface area contributed by atoms with Crippen molar-refractivity contribution < 1.29 is 37.3 Å². The molecule has 1 aliphatic rings. The van der Waals surface area contributed by atoms with Gasteiger partial charge in [-0.3, -0.25) is 13.9 Å². The van der Waals surface area contributed by atoms with Crippen LogP contribution in [0.1, 0.15) is 22.3 Å². The number of hydrogen-bond donors (Lipinski definition) is 1. The second-order valence-electron chi connectivity index (χ2n) is 8.20. The minimum Gasteiger partial charge on any atom is -0.449 e. The second kappa shape index (κ2) is 9.84. The lowest BCUT2D eigenvalue weighted by Crippen LogP contribution is -2.40. The first-order chi connectivity index (χ1) is 17.5. The van der Waals surface area contributed by atoms with Gasteiger partial charge in [-0.15, -0.1) is 0 Å². The third-order valence-corrected chi connectivity index (χ3v) is 5.85. The summed E-state index contributed by atoms with van der Waals surface area (Å²) in [7, 11) is 0. The number of hydrogen-bond acceptors (Lipinski definition) is 6. The summed E-state index contributed by atoms with van der Waals surface area (Å²) in [4.78, 5) is 50.4. The largest absolute Gasteiger partial charge is 0.511 e. The summed E-state index contributed by atoms with van der Waals surface area (Å²) in [5.74, 6) is -0.708. The quantitative estimate of drug-likeness (QED) is 0.496. The molecule has 4 rings (SSSR count). The van der Waals surface area contributed by atoms with Crippen LogP contribution in [0.25, 0.3) is 5.69 Å². The zero-order valence-electron chi connectivity index (χ0n) is 19.3. The Balaban J connectivity index is 1.76. The number of ether oxygens (including phenoxy) is 2. The molecule has 2 aromatic carbocycles.